The normalized spacial score (nSPS) is 11.8. The van der Waals surface area contributed by atoms with Gasteiger partial charge in [0.2, 0.25) is 0 Å². The van der Waals surface area contributed by atoms with Crippen molar-refractivity contribution in [3.63, 3.8) is 0 Å². The second kappa shape index (κ2) is 7.74. The van der Waals surface area contributed by atoms with E-state index in [4.69, 9.17) is 9.40 Å². The Morgan fingerprint density at radius 1 is 0.486 bits per heavy atom. The molecule has 0 spiro atoms. The predicted octanol–water partition coefficient (Wildman–Crippen LogP) is 9.02. The van der Waals surface area contributed by atoms with E-state index >= 15 is 0 Å². The van der Waals surface area contributed by atoms with Crippen LogP contribution in [0.2, 0.25) is 0 Å². The Morgan fingerprint density at radius 3 is 2.00 bits per heavy atom. The van der Waals surface area contributed by atoms with Gasteiger partial charge in [-0.05, 0) is 45.5 Å². The highest BCUT2D eigenvalue weighted by molar-refractivity contribution is 6.10. The smallest absolute Gasteiger partial charge is 0.143 e. The highest BCUT2D eigenvalue weighted by atomic mass is 16.3. The maximum Gasteiger partial charge on any atom is 0.143 e. The van der Waals surface area contributed by atoms with E-state index in [-0.39, 0.29) is 0 Å². The first kappa shape index (κ1) is 20.2. The Bertz CT molecular complexity index is 1990. The van der Waals surface area contributed by atoms with Gasteiger partial charge in [0, 0.05) is 33.7 Å². The van der Waals surface area contributed by atoms with Crippen LogP contribution in [-0.4, -0.2) is 9.97 Å². The Kier molecular flexibility index (Phi) is 4.23. The standard InChI is InChI=1S/C34H20N2O/c1-2-9-24-23(8-1)26-17-16-21(22-13-7-14-29-27-11-5-6-15-32(27)37-34(22)29)18-30(26)25-10-3-4-12-28(25)33-31(24)19-35-20-36-33/h1-20H. The first-order valence-corrected chi connectivity index (χ1v) is 12.4. The second-order valence-corrected chi connectivity index (χ2v) is 9.42. The van der Waals surface area contributed by atoms with Crippen LogP contribution in [0, 0.1) is 0 Å². The average molecular weight is 473 g/mol. The van der Waals surface area contributed by atoms with Crippen LogP contribution in [0.1, 0.15) is 0 Å². The van der Waals surface area contributed by atoms with Crippen LogP contribution in [0.25, 0.3) is 77.7 Å². The quantitative estimate of drug-likeness (QED) is 0.239. The van der Waals surface area contributed by atoms with E-state index in [9.17, 15) is 0 Å². The van der Waals surface area contributed by atoms with Crippen molar-refractivity contribution in [1.29, 1.82) is 0 Å². The SMILES string of the molecule is c1ccc2c(c1)-c1ccc(-c3cccc4c3oc3ccccc34)cc1-c1ccccc1-c1ncncc1-2. The summed E-state index contributed by atoms with van der Waals surface area (Å²) in [6.45, 7) is 0. The molecule has 8 rings (SSSR count). The third-order valence-electron chi connectivity index (χ3n) is 7.43. The molecule has 0 saturated carbocycles. The Morgan fingerprint density at radius 2 is 1.14 bits per heavy atom. The van der Waals surface area contributed by atoms with Crippen molar-refractivity contribution >= 4 is 21.9 Å². The topological polar surface area (TPSA) is 38.9 Å². The number of para-hydroxylation sites is 2. The highest BCUT2D eigenvalue weighted by Gasteiger charge is 2.23. The molecule has 0 saturated heterocycles. The van der Waals surface area contributed by atoms with Crippen LogP contribution >= 0.6 is 0 Å². The molecule has 5 aromatic carbocycles. The van der Waals surface area contributed by atoms with Gasteiger partial charge in [0.25, 0.3) is 0 Å². The van der Waals surface area contributed by atoms with Gasteiger partial charge in [0.1, 0.15) is 17.5 Å². The molecule has 7 aromatic rings. The Labute approximate surface area is 213 Å². The maximum atomic E-state index is 6.38. The van der Waals surface area contributed by atoms with Crippen molar-refractivity contribution in [2.75, 3.05) is 0 Å². The molecule has 0 fully saturated rings. The van der Waals surface area contributed by atoms with Gasteiger partial charge in [-0.3, -0.25) is 0 Å². The molecule has 172 valence electrons. The predicted molar refractivity (Wildman–Crippen MR) is 150 cm³/mol. The van der Waals surface area contributed by atoms with Crippen LogP contribution in [0.4, 0.5) is 0 Å². The minimum Gasteiger partial charge on any atom is -0.455 e. The maximum absolute atomic E-state index is 6.38. The van der Waals surface area contributed by atoms with Crippen molar-refractivity contribution in [2.24, 2.45) is 0 Å². The molecule has 0 unspecified atom stereocenters. The fourth-order valence-corrected chi connectivity index (χ4v) is 5.76. The summed E-state index contributed by atoms with van der Waals surface area (Å²) in [4.78, 5) is 9.13. The average Bonchev–Trinajstić information content (AvgIpc) is 3.35. The lowest BCUT2D eigenvalue weighted by atomic mass is 9.82. The number of aromatic nitrogens is 2. The molecular weight excluding hydrogens is 452 g/mol. The number of rotatable bonds is 1. The summed E-state index contributed by atoms with van der Waals surface area (Å²) < 4.78 is 6.38. The van der Waals surface area contributed by atoms with Crippen LogP contribution in [0.5, 0.6) is 0 Å². The third-order valence-corrected chi connectivity index (χ3v) is 7.43. The number of nitrogens with zero attached hydrogens (tertiary/aromatic N) is 2. The minimum absolute atomic E-state index is 0.909. The molecule has 2 aromatic heterocycles. The Balaban J connectivity index is 1.45. The molecule has 0 radical (unpaired) electrons. The van der Waals surface area contributed by atoms with E-state index in [1.54, 1.807) is 6.33 Å². The largest absolute Gasteiger partial charge is 0.455 e. The van der Waals surface area contributed by atoms with Crippen molar-refractivity contribution in [3.05, 3.63) is 122 Å². The molecule has 0 atom stereocenters. The molecule has 3 heteroatoms. The summed E-state index contributed by atoms with van der Waals surface area (Å²) in [5.41, 5.74) is 13.0. The van der Waals surface area contributed by atoms with Crippen molar-refractivity contribution in [2.45, 2.75) is 0 Å². The van der Waals surface area contributed by atoms with Gasteiger partial charge >= 0.3 is 0 Å². The molecule has 37 heavy (non-hydrogen) atoms. The lowest BCUT2D eigenvalue weighted by Crippen LogP contribution is -1.99. The van der Waals surface area contributed by atoms with Crippen molar-refractivity contribution < 1.29 is 4.42 Å². The van der Waals surface area contributed by atoms with E-state index in [1.165, 1.54) is 16.7 Å². The molecule has 0 N–H and O–H groups in total. The Hall–Kier alpha value is -5.02. The fourth-order valence-electron chi connectivity index (χ4n) is 5.76. The van der Waals surface area contributed by atoms with Crippen LogP contribution in [0.15, 0.2) is 126 Å². The van der Waals surface area contributed by atoms with Gasteiger partial charge in [-0.15, -0.1) is 0 Å². The number of hydrogen-bond acceptors (Lipinski definition) is 3. The minimum atomic E-state index is 0.909. The van der Waals surface area contributed by atoms with Crippen LogP contribution in [-0.2, 0) is 0 Å². The molecule has 0 amide bonds. The molecular formula is C34H20N2O. The zero-order chi connectivity index (χ0) is 24.3. The summed E-state index contributed by atoms with van der Waals surface area (Å²) >= 11 is 0. The zero-order valence-electron chi connectivity index (χ0n) is 19.8. The van der Waals surface area contributed by atoms with Gasteiger partial charge in [0.15, 0.2) is 0 Å². The lowest BCUT2D eigenvalue weighted by Gasteiger charge is -2.22. The van der Waals surface area contributed by atoms with Crippen LogP contribution < -0.4 is 0 Å². The summed E-state index contributed by atoms with van der Waals surface area (Å²) in [5.74, 6) is 0. The molecule has 1 aliphatic carbocycles. The zero-order valence-corrected chi connectivity index (χ0v) is 19.8. The molecule has 3 nitrogen and oxygen atoms in total. The van der Waals surface area contributed by atoms with Gasteiger partial charge < -0.3 is 4.42 Å². The monoisotopic (exact) mass is 472 g/mol. The lowest BCUT2D eigenvalue weighted by molar-refractivity contribution is 0.670. The van der Waals surface area contributed by atoms with Gasteiger partial charge in [0.05, 0.1) is 5.69 Å². The molecule has 1 aliphatic rings. The second-order valence-electron chi connectivity index (χ2n) is 9.42. The highest BCUT2D eigenvalue weighted by Crippen LogP contribution is 2.48. The van der Waals surface area contributed by atoms with E-state index in [2.05, 4.69) is 102 Å². The summed E-state index contributed by atoms with van der Waals surface area (Å²) in [6, 6.07) is 38.5. The van der Waals surface area contributed by atoms with Crippen LogP contribution in [0.3, 0.4) is 0 Å². The third kappa shape index (κ3) is 2.95. The van der Waals surface area contributed by atoms with Gasteiger partial charge in [-0.25, -0.2) is 9.97 Å². The first-order chi connectivity index (χ1) is 18.4. The molecule has 2 heterocycles. The van der Waals surface area contributed by atoms with E-state index in [1.807, 2.05) is 18.3 Å². The van der Waals surface area contributed by atoms with Gasteiger partial charge in [-0.1, -0.05) is 97.1 Å². The van der Waals surface area contributed by atoms with Gasteiger partial charge in [-0.2, -0.15) is 0 Å². The van der Waals surface area contributed by atoms with Crippen molar-refractivity contribution in [3.8, 4) is 55.8 Å². The summed E-state index contributed by atoms with van der Waals surface area (Å²) in [5, 5.41) is 2.28. The molecule has 0 bridgehead atoms. The number of furan rings is 1. The fraction of sp³-hybridized carbons (Fsp3) is 0. The number of fused-ring (bicyclic) bond motifs is 11. The van der Waals surface area contributed by atoms with Crippen molar-refractivity contribution in [1.82, 2.24) is 9.97 Å². The summed E-state index contributed by atoms with van der Waals surface area (Å²) in [7, 11) is 0. The van der Waals surface area contributed by atoms with E-state index in [0.29, 0.717) is 0 Å². The number of hydrogen-bond donors (Lipinski definition) is 0. The number of benzene rings is 5. The van der Waals surface area contributed by atoms with E-state index in [0.717, 1.165) is 61.0 Å². The van der Waals surface area contributed by atoms with E-state index < -0.39 is 0 Å². The summed E-state index contributed by atoms with van der Waals surface area (Å²) in [6.07, 6.45) is 3.57. The molecule has 0 aliphatic heterocycles. The first-order valence-electron chi connectivity index (χ1n) is 12.4.